The van der Waals surface area contributed by atoms with Crippen molar-refractivity contribution in [3.8, 4) is 0 Å². The Balaban J connectivity index is 0.000000815. The van der Waals surface area contributed by atoms with Crippen LogP contribution >= 0.6 is 0 Å². The lowest BCUT2D eigenvalue weighted by Gasteiger charge is -2.62. The lowest BCUT2D eigenvalue weighted by molar-refractivity contribution is -0.246. The maximum absolute atomic E-state index is 17.1. The zero-order valence-corrected chi connectivity index (χ0v) is 21.3. The Hall–Kier alpha value is -1.93. The number of aliphatic hydroxyl groups is 2. The number of aliphatic hydroxyl groups excluding tert-OH is 2. The molecule has 3 saturated carbocycles. The molecule has 4 fully saturated rings. The molecule has 5 rings (SSSR count). The third kappa shape index (κ3) is 3.35. The molecule has 0 amide bonds. The van der Waals surface area contributed by atoms with Gasteiger partial charge in [-0.2, -0.15) is 0 Å². The Morgan fingerprint density at radius 3 is 2.40 bits per heavy atom. The maximum Gasteiger partial charge on any atom is 0.193 e. The van der Waals surface area contributed by atoms with Crippen molar-refractivity contribution in [1.29, 1.82) is 0 Å². The summed E-state index contributed by atoms with van der Waals surface area (Å²) in [6.07, 6.45) is 4.00. The van der Waals surface area contributed by atoms with Crippen molar-refractivity contribution in [1.82, 2.24) is 0 Å². The summed E-state index contributed by atoms with van der Waals surface area (Å²) < 4.78 is 29.5. The largest absolute Gasteiger partial charge is 0.390 e. The molecule has 0 aromatic carbocycles. The van der Waals surface area contributed by atoms with Crippen LogP contribution in [0.4, 0.5) is 4.39 Å². The Bertz CT molecular complexity index is 955. The van der Waals surface area contributed by atoms with E-state index in [1.807, 2.05) is 6.92 Å². The van der Waals surface area contributed by atoms with E-state index in [-0.39, 0.29) is 18.1 Å². The van der Waals surface area contributed by atoms with Gasteiger partial charge in [-0.15, -0.1) is 26.3 Å². The van der Waals surface area contributed by atoms with Gasteiger partial charge in [0.2, 0.25) is 0 Å². The molecule has 0 aromatic heterocycles. The van der Waals surface area contributed by atoms with E-state index in [2.05, 4.69) is 26.3 Å². The first-order valence-electron chi connectivity index (χ1n) is 12.2. The smallest absolute Gasteiger partial charge is 0.193 e. The average Bonchev–Trinajstić information content (AvgIpc) is 3.23. The van der Waals surface area contributed by atoms with Crippen molar-refractivity contribution in [2.24, 2.45) is 22.7 Å². The number of Topliss-reactive ketones (excluding diaryl/α,β-unsaturated/α-hetero) is 1. The van der Waals surface area contributed by atoms with Gasteiger partial charge in [0.1, 0.15) is 6.61 Å². The summed E-state index contributed by atoms with van der Waals surface area (Å²) in [5.74, 6) is -2.46. The highest BCUT2D eigenvalue weighted by molar-refractivity contribution is 6.01. The van der Waals surface area contributed by atoms with Gasteiger partial charge in [-0.1, -0.05) is 18.6 Å². The van der Waals surface area contributed by atoms with Crippen LogP contribution in [-0.2, 0) is 19.1 Å². The number of alkyl halides is 1. The molecule has 5 aliphatic rings. The molecule has 0 spiro atoms. The Morgan fingerprint density at radius 1 is 1.17 bits per heavy atom. The number of fused-ring (bicyclic) bond motifs is 7. The van der Waals surface area contributed by atoms with E-state index in [4.69, 9.17) is 9.47 Å². The number of halogens is 1. The first-order chi connectivity index (χ1) is 16.4. The van der Waals surface area contributed by atoms with Gasteiger partial charge in [-0.3, -0.25) is 9.59 Å². The average molecular weight is 491 g/mol. The van der Waals surface area contributed by atoms with Crippen LogP contribution in [0.2, 0.25) is 0 Å². The lowest BCUT2D eigenvalue weighted by atomic mass is 9.44. The summed E-state index contributed by atoms with van der Waals surface area (Å²) in [5, 5.41) is 21.2. The molecular weight excluding hydrogens is 451 g/mol. The van der Waals surface area contributed by atoms with E-state index in [1.165, 1.54) is 12.2 Å². The number of rotatable bonds is 2. The van der Waals surface area contributed by atoms with Gasteiger partial charge in [0.05, 0.1) is 12.2 Å². The van der Waals surface area contributed by atoms with Crippen LogP contribution in [0.25, 0.3) is 0 Å². The van der Waals surface area contributed by atoms with Crippen LogP contribution < -0.4 is 0 Å². The first-order valence-corrected chi connectivity index (χ1v) is 12.2. The number of carbonyl (C=O) groups is 2. The highest BCUT2D eigenvalue weighted by atomic mass is 19.1. The summed E-state index contributed by atoms with van der Waals surface area (Å²) >= 11 is 0. The number of ether oxygens (including phenoxy) is 2. The third-order valence-corrected chi connectivity index (χ3v) is 9.19. The minimum absolute atomic E-state index is 0.0109. The third-order valence-electron chi connectivity index (χ3n) is 9.19. The van der Waals surface area contributed by atoms with E-state index in [9.17, 15) is 19.8 Å². The maximum atomic E-state index is 17.1. The van der Waals surface area contributed by atoms with Crippen molar-refractivity contribution < 1.29 is 33.7 Å². The molecule has 0 unspecified atom stereocenters. The minimum atomic E-state index is -1.98. The van der Waals surface area contributed by atoms with Crippen LogP contribution in [0.5, 0.6) is 0 Å². The molecule has 7 heteroatoms. The lowest BCUT2D eigenvalue weighted by Crippen LogP contribution is -2.70. The van der Waals surface area contributed by atoms with E-state index >= 15 is 4.39 Å². The fraction of sp³-hybridized carbons (Fsp3) is 0.643. The highest BCUT2D eigenvalue weighted by Crippen LogP contribution is 2.72. The highest BCUT2D eigenvalue weighted by Gasteiger charge is 2.79. The molecule has 0 bridgehead atoms. The van der Waals surface area contributed by atoms with Gasteiger partial charge in [-0.25, -0.2) is 4.39 Å². The van der Waals surface area contributed by atoms with Crippen LogP contribution in [0.15, 0.2) is 50.1 Å². The standard InChI is InChI=1S/C24H31FO6.2C2H4/c1-20(2)30-19-10-16-15-6-5-13-9-14(27)7-8-21(13,3)23(15,25)17(28)11-22(16,4)24(19,31-20)18(29)12-26;2*1-2/h7-9,15-17,19,26,28H,5-6,10-12H2,1-4H3;2*1-2H2/t15-,16-,17-,19+,21-,22-,23-,24+;;/m0../s1. The second-order valence-corrected chi connectivity index (χ2v) is 10.9. The molecular formula is C28H39FO6. The Kier molecular flexibility index (Phi) is 7.01. The summed E-state index contributed by atoms with van der Waals surface area (Å²) in [7, 11) is 0. The number of ketones is 2. The molecule has 0 aromatic rings. The molecule has 0 radical (unpaired) electrons. The van der Waals surface area contributed by atoms with E-state index < -0.39 is 58.4 Å². The number of hydrogen-bond acceptors (Lipinski definition) is 6. The molecule has 1 aliphatic heterocycles. The molecule has 2 N–H and O–H groups in total. The first kappa shape index (κ1) is 27.7. The zero-order chi connectivity index (χ0) is 26.6. The molecule has 194 valence electrons. The van der Waals surface area contributed by atoms with Gasteiger partial charge >= 0.3 is 0 Å². The van der Waals surface area contributed by atoms with E-state index in [0.29, 0.717) is 19.3 Å². The SMILES string of the molecule is C=C.C=C.CC1(C)O[C@@H]2C[C@H]3[C@@H]4CCC5=CC(=O)C=C[C@]5(C)[C@@]4(F)[C@@H](O)C[C@]3(C)[C@]2(C(=O)CO)O1. The molecule has 4 aliphatic carbocycles. The predicted molar refractivity (Wildman–Crippen MR) is 131 cm³/mol. The van der Waals surface area contributed by atoms with Crippen LogP contribution in [0.3, 0.4) is 0 Å². The summed E-state index contributed by atoms with van der Waals surface area (Å²) in [6.45, 7) is 18.4. The fourth-order valence-electron chi connectivity index (χ4n) is 7.93. The monoisotopic (exact) mass is 490 g/mol. The van der Waals surface area contributed by atoms with Gasteiger partial charge in [-0.05, 0) is 64.5 Å². The Labute approximate surface area is 207 Å². The molecule has 1 saturated heterocycles. The van der Waals surface area contributed by atoms with Crippen molar-refractivity contribution in [2.75, 3.05) is 6.61 Å². The van der Waals surface area contributed by atoms with Crippen molar-refractivity contribution in [3.63, 3.8) is 0 Å². The van der Waals surface area contributed by atoms with Gasteiger partial charge in [0.15, 0.2) is 28.6 Å². The minimum Gasteiger partial charge on any atom is -0.390 e. The quantitative estimate of drug-likeness (QED) is 0.568. The van der Waals surface area contributed by atoms with Gasteiger partial charge in [0.25, 0.3) is 0 Å². The van der Waals surface area contributed by atoms with Crippen molar-refractivity contribution in [2.45, 2.75) is 82.6 Å². The summed E-state index contributed by atoms with van der Waals surface area (Å²) in [4.78, 5) is 25.1. The molecule has 35 heavy (non-hydrogen) atoms. The number of allylic oxidation sites excluding steroid dienone is 4. The van der Waals surface area contributed by atoms with Crippen LogP contribution in [0, 0.1) is 22.7 Å². The van der Waals surface area contributed by atoms with Crippen molar-refractivity contribution >= 4 is 11.6 Å². The van der Waals surface area contributed by atoms with Gasteiger partial charge < -0.3 is 19.7 Å². The van der Waals surface area contributed by atoms with Crippen LogP contribution in [0.1, 0.15) is 53.4 Å². The molecule has 1 heterocycles. The van der Waals surface area contributed by atoms with Crippen molar-refractivity contribution in [3.05, 3.63) is 50.1 Å². The fourth-order valence-corrected chi connectivity index (χ4v) is 7.93. The summed E-state index contributed by atoms with van der Waals surface area (Å²) in [6, 6.07) is 0. The second-order valence-electron chi connectivity index (χ2n) is 10.9. The number of hydrogen-bond donors (Lipinski definition) is 2. The zero-order valence-electron chi connectivity index (χ0n) is 21.3. The predicted octanol–water partition coefficient (Wildman–Crippen LogP) is 4.02. The van der Waals surface area contributed by atoms with Gasteiger partial charge in [0, 0.05) is 16.7 Å². The second kappa shape index (κ2) is 8.87. The normalized spacial score (nSPS) is 46.4. The van der Waals surface area contributed by atoms with E-state index in [1.54, 1.807) is 26.8 Å². The van der Waals surface area contributed by atoms with E-state index in [0.717, 1.165) is 5.57 Å². The number of carbonyl (C=O) groups excluding carboxylic acids is 2. The molecule has 8 atom stereocenters. The molecule has 6 nitrogen and oxygen atoms in total. The topological polar surface area (TPSA) is 93.1 Å². The summed E-state index contributed by atoms with van der Waals surface area (Å²) in [5.41, 5.74) is -4.66. The Morgan fingerprint density at radius 2 is 1.80 bits per heavy atom. The van der Waals surface area contributed by atoms with Crippen LogP contribution in [-0.4, -0.2) is 57.7 Å².